The summed E-state index contributed by atoms with van der Waals surface area (Å²) in [4.78, 5) is 14.4. The number of hydrogen-bond donors (Lipinski definition) is 1. The van der Waals surface area contributed by atoms with E-state index in [-0.39, 0.29) is 12.4 Å². The van der Waals surface area contributed by atoms with Crippen LogP contribution in [0.3, 0.4) is 0 Å². The largest absolute Gasteiger partial charge is 0.606 e. The van der Waals surface area contributed by atoms with Gasteiger partial charge in [0.1, 0.15) is 15.4 Å². The standard InChI is InChI=1S/C7H6N2O7S.ClH/c10-8(11)7(9(12)13,17(14,15)16)6-4-2-1-3-5-6;/h1-5H,(H,14,15,16);1H. The fourth-order valence-electron chi connectivity index (χ4n) is 1.27. The van der Waals surface area contributed by atoms with Crippen molar-refractivity contribution in [2.75, 3.05) is 0 Å². The van der Waals surface area contributed by atoms with Gasteiger partial charge in [-0.2, -0.15) is 8.42 Å². The van der Waals surface area contributed by atoms with Gasteiger partial charge in [0.25, 0.3) is 0 Å². The van der Waals surface area contributed by atoms with E-state index in [1.165, 1.54) is 18.2 Å². The second-order valence-electron chi connectivity index (χ2n) is 2.96. The Labute approximate surface area is 107 Å². The maximum absolute atomic E-state index is 11.0. The Bertz CT molecular complexity index is 544. The van der Waals surface area contributed by atoms with Crippen molar-refractivity contribution in [1.82, 2.24) is 0 Å². The zero-order chi connectivity index (χ0) is 13.3. The molecule has 1 aromatic rings. The fraction of sp³-hybridized carbons (Fsp3) is 0.143. The van der Waals surface area contributed by atoms with Crippen LogP contribution in [0.1, 0.15) is 5.56 Å². The molecule has 1 rings (SSSR count). The molecule has 0 heterocycles. The van der Waals surface area contributed by atoms with E-state index in [1.54, 1.807) is 0 Å². The van der Waals surface area contributed by atoms with Crippen molar-refractivity contribution in [3.8, 4) is 0 Å². The highest BCUT2D eigenvalue weighted by atomic mass is 35.5. The summed E-state index contributed by atoms with van der Waals surface area (Å²) in [6, 6.07) is 5.50. The number of nitrogens with zero attached hydrogens (tertiary/aromatic N) is 2. The Hall–Kier alpha value is -1.78. The van der Waals surface area contributed by atoms with Crippen LogP contribution in [0.2, 0.25) is 0 Å². The molecule has 0 aliphatic rings. The van der Waals surface area contributed by atoms with E-state index >= 15 is 0 Å². The molecule has 0 amide bonds. The van der Waals surface area contributed by atoms with Gasteiger partial charge in [-0.1, -0.05) is 18.2 Å². The van der Waals surface area contributed by atoms with E-state index < -0.39 is 30.5 Å². The first-order chi connectivity index (χ1) is 7.74. The summed E-state index contributed by atoms with van der Waals surface area (Å²) in [6.45, 7) is 0. The highest BCUT2D eigenvalue weighted by molar-refractivity contribution is 7.86. The Morgan fingerprint density at radius 2 is 1.44 bits per heavy atom. The van der Waals surface area contributed by atoms with E-state index in [4.69, 9.17) is 4.55 Å². The highest BCUT2D eigenvalue weighted by Crippen LogP contribution is 2.30. The summed E-state index contributed by atoms with van der Waals surface area (Å²) in [5, 5.41) is 21.5. The summed E-state index contributed by atoms with van der Waals surface area (Å²) in [5.74, 6) is 0. The van der Waals surface area contributed by atoms with Crippen LogP contribution in [0.5, 0.6) is 0 Å². The summed E-state index contributed by atoms with van der Waals surface area (Å²) in [6.07, 6.45) is 0. The molecule has 0 aromatic heterocycles. The Kier molecular flexibility index (Phi) is 4.73. The molecule has 100 valence electrons. The molecule has 0 unspecified atom stereocenters. The molecule has 0 atom stereocenters. The Morgan fingerprint density at radius 3 is 1.72 bits per heavy atom. The van der Waals surface area contributed by atoms with Crippen LogP contribution in [0.4, 0.5) is 0 Å². The molecular weight excluding hydrogens is 292 g/mol. The van der Waals surface area contributed by atoms with Crippen LogP contribution in [0, 0.1) is 20.2 Å². The van der Waals surface area contributed by atoms with Gasteiger partial charge in [-0.05, 0) is 12.1 Å². The summed E-state index contributed by atoms with van der Waals surface area (Å²) in [5.41, 5.74) is -0.752. The van der Waals surface area contributed by atoms with E-state index in [1.807, 2.05) is 0 Å². The first kappa shape index (κ1) is 16.2. The summed E-state index contributed by atoms with van der Waals surface area (Å²) in [7, 11) is -5.58. The maximum Gasteiger partial charge on any atom is 0.606 e. The van der Waals surface area contributed by atoms with Gasteiger partial charge in [0, 0.05) is 0 Å². The average Bonchev–Trinajstić information content (AvgIpc) is 2.16. The van der Waals surface area contributed by atoms with E-state index in [0.29, 0.717) is 0 Å². The third kappa shape index (κ3) is 2.25. The Balaban J connectivity index is 0.00000289. The molecule has 0 saturated heterocycles. The first-order valence-electron chi connectivity index (χ1n) is 4.06. The lowest BCUT2D eigenvalue weighted by Gasteiger charge is -2.13. The zero-order valence-electron chi connectivity index (χ0n) is 8.49. The number of hydrogen-bond acceptors (Lipinski definition) is 6. The van der Waals surface area contributed by atoms with Crippen LogP contribution < -0.4 is 0 Å². The van der Waals surface area contributed by atoms with E-state index in [9.17, 15) is 28.6 Å². The molecule has 0 aliphatic carbocycles. The summed E-state index contributed by atoms with van der Waals surface area (Å²) < 4.78 is 30.8. The van der Waals surface area contributed by atoms with Crippen molar-refractivity contribution in [2.24, 2.45) is 0 Å². The maximum atomic E-state index is 11.0. The zero-order valence-corrected chi connectivity index (χ0v) is 10.1. The lowest BCUT2D eigenvalue weighted by Crippen LogP contribution is -2.49. The van der Waals surface area contributed by atoms with Crippen LogP contribution in [0.15, 0.2) is 30.3 Å². The van der Waals surface area contributed by atoms with Gasteiger partial charge in [-0.25, -0.2) is 0 Å². The summed E-state index contributed by atoms with van der Waals surface area (Å²) >= 11 is 0. The Morgan fingerprint density at radius 1 is 1.06 bits per heavy atom. The van der Waals surface area contributed by atoms with Gasteiger partial charge >= 0.3 is 15.1 Å². The van der Waals surface area contributed by atoms with Crippen molar-refractivity contribution < 1.29 is 22.8 Å². The van der Waals surface area contributed by atoms with Gasteiger partial charge in [0.2, 0.25) is 0 Å². The molecule has 0 spiro atoms. The monoisotopic (exact) mass is 298 g/mol. The first-order valence-corrected chi connectivity index (χ1v) is 5.50. The minimum absolute atomic E-state index is 0. The minimum atomic E-state index is -5.58. The SMILES string of the molecule is Cl.O=[N+]([O-])C(c1ccccc1)([N+](=O)[O-])S(=O)(=O)O. The molecule has 0 aliphatic heterocycles. The number of halogens is 1. The second kappa shape index (κ2) is 5.25. The van der Waals surface area contributed by atoms with Crippen LogP contribution in [0.25, 0.3) is 0 Å². The van der Waals surface area contributed by atoms with E-state index in [2.05, 4.69) is 0 Å². The van der Waals surface area contributed by atoms with Gasteiger partial charge in [0.05, 0.1) is 0 Å². The van der Waals surface area contributed by atoms with Crippen LogP contribution in [-0.2, 0) is 15.1 Å². The fourth-order valence-corrected chi connectivity index (χ4v) is 2.08. The predicted molar refractivity (Wildman–Crippen MR) is 60.9 cm³/mol. The minimum Gasteiger partial charge on any atom is -0.274 e. The molecule has 0 bridgehead atoms. The van der Waals surface area contributed by atoms with Gasteiger partial charge < -0.3 is 0 Å². The highest BCUT2D eigenvalue weighted by Gasteiger charge is 2.70. The topological polar surface area (TPSA) is 141 Å². The second-order valence-corrected chi connectivity index (χ2v) is 4.48. The van der Waals surface area contributed by atoms with E-state index in [0.717, 1.165) is 12.1 Å². The third-order valence-electron chi connectivity index (χ3n) is 2.00. The predicted octanol–water partition coefficient (Wildman–Crippen LogP) is 0.660. The molecule has 0 fully saturated rings. The van der Waals surface area contributed by atoms with Gasteiger partial charge in [-0.3, -0.25) is 24.8 Å². The number of nitro groups is 2. The van der Waals surface area contributed by atoms with Crippen molar-refractivity contribution in [3.05, 3.63) is 56.1 Å². The molecule has 0 saturated carbocycles. The average molecular weight is 299 g/mol. The molecule has 11 heteroatoms. The van der Waals surface area contributed by atoms with Gasteiger partial charge in [0.15, 0.2) is 0 Å². The number of rotatable bonds is 4. The molecular formula is C7H7ClN2O7S. The van der Waals surface area contributed by atoms with Crippen molar-refractivity contribution in [2.45, 2.75) is 4.99 Å². The van der Waals surface area contributed by atoms with Crippen LogP contribution >= 0.6 is 12.4 Å². The molecule has 9 nitrogen and oxygen atoms in total. The quantitative estimate of drug-likeness (QED) is 0.372. The molecule has 1 aromatic carbocycles. The van der Waals surface area contributed by atoms with Gasteiger partial charge in [-0.15, -0.1) is 12.4 Å². The molecule has 0 radical (unpaired) electrons. The lowest BCUT2D eigenvalue weighted by atomic mass is 10.2. The smallest absolute Gasteiger partial charge is 0.274 e. The van der Waals surface area contributed by atoms with Crippen molar-refractivity contribution in [1.29, 1.82) is 0 Å². The van der Waals surface area contributed by atoms with Crippen LogP contribution in [-0.4, -0.2) is 22.8 Å². The van der Waals surface area contributed by atoms with Crippen molar-refractivity contribution in [3.63, 3.8) is 0 Å². The normalized spacial score (nSPS) is 11.4. The molecule has 18 heavy (non-hydrogen) atoms. The third-order valence-corrected chi connectivity index (χ3v) is 3.26. The molecule has 1 N–H and O–H groups in total. The number of benzene rings is 1. The van der Waals surface area contributed by atoms with Crippen molar-refractivity contribution >= 4 is 22.5 Å². The lowest BCUT2D eigenvalue weighted by molar-refractivity contribution is -0.777.